The third kappa shape index (κ3) is 3.61. The molecule has 1 aliphatic carbocycles. The fraction of sp³-hybridized carbons (Fsp3) is 0.0870. The highest BCUT2D eigenvalue weighted by molar-refractivity contribution is 5.59. The molecule has 0 aromatic carbocycles. The summed E-state index contributed by atoms with van der Waals surface area (Å²) in [5.74, 6) is 0.901. The lowest BCUT2D eigenvalue weighted by Crippen LogP contribution is -2.16. The molecule has 3 aromatic rings. The van der Waals surface area contributed by atoms with E-state index in [4.69, 9.17) is 14.7 Å². The van der Waals surface area contributed by atoms with Gasteiger partial charge >= 0.3 is 0 Å². The van der Waals surface area contributed by atoms with Gasteiger partial charge in [0.1, 0.15) is 23.7 Å². The molecule has 9 heteroatoms. The van der Waals surface area contributed by atoms with Crippen molar-refractivity contribution in [3.8, 4) is 23.1 Å². The molecule has 3 aromatic heterocycles. The van der Waals surface area contributed by atoms with Crippen LogP contribution < -0.4 is 5.43 Å². The minimum Gasteiger partial charge on any atom is -0.463 e. The van der Waals surface area contributed by atoms with E-state index in [1.807, 2.05) is 18.2 Å². The first-order valence-electron chi connectivity index (χ1n) is 9.84. The number of ether oxygens (including phenoxy) is 2. The van der Waals surface area contributed by atoms with Crippen molar-refractivity contribution in [3.63, 3.8) is 0 Å². The molecule has 0 saturated heterocycles. The van der Waals surface area contributed by atoms with Crippen LogP contribution in [0.5, 0.6) is 0 Å². The third-order valence-corrected chi connectivity index (χ3v) is 4.91. The van der Waals surface area contributed by atoms with Crippen molar-refractivity contribution in [1.82, 2.24) is 24.5 Å². The van der Waals surface area contributed by atoms with Gasteiger partial charge in [-0.3, -0.25) is 4.79 Å². The van der Waals surface area contributed by atoms with Gasteiger partial charge in [-0.2, -0.15) is 20.1 Å². The maximum absolute atomic E-state index is 12.7. The first-order valence-corrected chi connectivity index (χ1v) is 9.84. The van der Waals surface area contributed by atoms with Gasteiger partial charge in [0.05, 0.1) is 11.9 Å². The second kappa shape index (κ2) is 8.20. The fourth-order valence-electron chi connectivity index (χ4n) is 3.37. The van der Waals surface area contributed by atoms with E-state index in [1.54, 1.807) is 30.7 Å². The number of nitriles is 1. The fourth-order valence-corrected chi connectivity index (χ4v) is 3.37. The number of hydrogen-bond donors (Lipinski definition) is 0. The predicted molar refractivity (Wildman–Crippen MR) is 115 cm³/mol. The Morgan fingerprint density at radius 3 is 2.94 bits per heavy atom. The maximum Gasteiger partial charge on any atom is 0.257 e. The summed E-state index contributed by atoms with van der Waals surface area (Å²) >= 11 is 0. The Morgan fingerprint density at radius 2 is 2.09 bits per heavy atom. The van der Waals surface area contributed by atoms with Crippen molar-refractivity contribution in [2.45, 2.75) is 12.8 Å². The van der Waals surface area contributed by atoms with Crippen molar-refractivity contribution in [1.29, 1.82) is 5.26 Å². The van der Waals surface area contributed by atoms with Crippen LogP contribution in [0.4, 0.5) is 0 Å². The van der Waals surface area contributed by atoms with Gasteiger partial charge in [0.2, 0.25) is 5.43 Å². The molecule has 9 nitrogen and oxygen atoms in total. The lowest BCUT2D eigenvalue weighted by Gasteiger charge is -2.20. The zero-order valence-corrected chi connectivity index (χ0v) is 16.8. The Balaban J connectivity index is 1.50. The first kappa shape index (κ1) is 19.3. The minimum absolute atomic E-state index is 0.167. The van der Waals surface area contributed by atoms with E-state index in [0.29, 0.717) is 23.0 Å². The van der Waals surface area contributed by atoms with Crippen LogP contribution >= 0.6 is 0 Å². The molecule has 0 N–H and O–H groups in total. The smallest absolute Gasteiger partial charge is 0.257 e. The molecule has 2 aliphatic rings. The van der Waals surface area contributed by atoms with Gasteiger partial charge in [-0.25, -0.2) is 9.67 Å². The Hall–Kier alpha value is -4.71. The highest BCUT2D eigenvalue weighted by Gasteiger charge is 2.21. The largest absolute Gasteiger partial charge is 0.463 e. The predicted octanol–water partition coefficient (Wildman–Crippen LogP) is 3.28. The number of nitrogens with zero attached hydrogens (tertiary/aromatic N) is 6. The number of allylic oxidation sites excluding steroid dienone is 4. The van der Waals surface area contributed by atoms with Gasteiger partial charge in [-0.1, -0.05) is 18.2 Å². The maximum atomic E-state index is 12.7. The van der Waals surface area contributed by atoms with Crippen molar-refractivity contribution in [3.05, 3.63) is 101 Å². The van der Waals surface area contributed by atoms with Crippen molar-refractivity contribution < 1.29 is 9.47 Å². The zero-order chi connectivity index (χ0) is 21.9. The Bertz CT molecular complexity index is 1420. The molecule has 0 saturated carbocycles. The van der Waals surface area contributed by atoms with Crippen LogP contribution in [0.3, 0.4) is 0 Å². The molecule has 0 atom stereocenters. The topological polar surface area (TPSA) is 108 Å². The van der Waals surface area contributed by atoms with Crippen molar-refractivity contribution in [2.24, 2.45) is 0 Å². The Labute approximate surface area is 182 Å². The molecule has 1 aliphatic heterocycles. The normalized spacial score (nSPS) is 15.0. The molecular weight excluding hydrogens is 408 g/mol. The van der Waals surface area contributed by atoms with E-state index in [-0.39, 0.29) is 16.8 Å². The second-order valence-electron chi connectivity index (χ2n) is 6.95. The summed E-state index contributed by atoms with van der Waals surface area (Å²) in [7, 11) is 0. The van der Waals surface area contributed by atoms with Crippen LogP contribution in [0, 0.1) is 11.3 Å². The molecule has 32 heavy (non-hydrogen) atoms. The summed E-state index contributed by atoms with van der Waals surface area (Å²) in [6.45, 7) is 0. The van der Waals surface area contributed by atoms with Crippen LogP contribution in [-0.2, 0) is 9.47 Å². The van der Waals surface area contributed by atoms with E-state index < -0.39 is 0 Å². The number of rotatable bonds is 4. The SMILES string of the molecule is N#Cc1cc(-n2ccc(=O)c(-c3ccnn3C3=COC=C(C4=CC=CCC4)O3)n2)ccn1. The average molecular weight is 424 g/mol. The lowest BCUT2D eigenvalue weighted by atomic mass is 10.0. The number of hydrogen-bond acceptors (Lipinski definition) is 7. The van der Waals surface area contributed by atoms with Gasteiger partial charge in [-0.15, -0.1) is 0 Å². The van der Waals surface area contributed by atoms with Gasteiger partial charge in [0.15, 0.2) is 17.7 Å². The lowest BCUT2D eigenvalue weighted by molar-refractivity contribution is 0.265. The highest BCUT2D eigenvalue weighted by atomic mass is 16.6. The van der Waals surface area contributed by atoms with Crippen LogP contribution in [0.2, 0.25) is 0 Å². The van der Waals surface area contributed by atoms with Gasteiger partial charge < -0.3 is 9.47 Å². The average Bonchev–Trinajstić information content (AvgIpc) is 3.35. The first-order chi connectivity index (χ1) is 15.7. The Kier molecular flexibility index (Phi) is 4.94. The molecule has 0 amide bonds. The van der Waals surface area contributed by atoms with Crippen LogP contribution in [0.25, 0.3) is 23.0 Å². The van der Waals surface area contributed by atoms with E-state index >= 15 is 0 Å². The number of pyridine rings is 1. The van der Waals surface area contributed by atoms with E-state index in [2.05, 4.69) is 21.3 Å². The summed E-state index contributed by atoms with van der Waals surface area (Å²) in [5, 5.41) is 17.9. The van der Waals surface area contributed by atoms with Crippen LogP contribution in [-0.4, -0.2) is 24.5 Å². The van der Waals surface area contributed by atoms with E-state index in [1.165, 1.54) is 34.1 Å². The minimum atomic E-state index is -0.286. The van der Waals surface area contributed by atoms with E-state index in [9.17, 15) is 4.79 Å². The van der Waals surface area contributed by atoms with Crippen LogP contribution in [0.15, 0.2) is 89.7 Å². The molecule has 4 heterocycles. The standard InChI is InChI=1S/C23H16N6O3/c24-13-17-12-18(6-9-25-17)28-11-8-20(30)23(27-28)19-7-10-26-29(19)22-15-31-14-21(32-22)16-4-2-1-3-5-16/h1-2,4,6-12,14-15H,3,5H2. The molecule has 5 rings (SSSR count). The zero-order valence-electron chi connectivity index (χ0n) is 16.8. The van der Waals surface area contributed by atoms with Crippen molar-refractivity contribution in [2.75, 3.05) is 0 Å². The quantitative estimate of drug-likeness (QED) is 0.632. The van der Waals surface area contributed by atoms with Gasteiger partial charge in [0, 0.05) is 24.5 Å². The van der Waals surface area contributed by atoms with Gasteiger partial charge in [0.25, 0.3) is 5.88 Å². The molecule has 0 unspecified atom stereocenters. The molecule has 156 valence electrons. The summed E-state index contributed by atoms with van der Waals surface area (Å²) in [6.07, 6.45) is 15.4. The van der Waals surface area contributed by atoms with Crippen LogP contribution in [0.1, 0.15) is 18.5 Å². The Morgan fingerprint density at radius 1 is 1.16 bits per heavy atom. The monoisotopic (exact) mass is 424 g/mol. The second-order valence-corrected chi connectivity index (χ2v) is 6.95. The number of aromatic nitrogens is 5. The highest BCUT2D eigenvalue weighted by Crippen LogP contribution is 2.29. The summed E-state index contributed by atoms with van der Waals surface area (Å²) < 4.78 is 14.5. The third-order valence-electron chi connectivity index (χ3n) is 4.91. The summed E-state index contributed by atoms with van der Waals surface area (Å²) in [5.41, 5.74) is 2.18. The van der Waals surface area contributed by atoms with Crippen molar-refractivity contribution >= 4 is 5.88 Å². The molecule has 0 bridgehead atoms. The molecule has 0 spiro atoms. The summed E-state index contributed by atoms with van der Waals surface area (Å²) in [6, 6.07) is 8.36. The van der Waals surface area contributed by atoms with E-state index in [0.717, 1.165) is 18.4 Å². The molecular formula is C23H16N6O3. The summed E-state index contributed by atoms with van der Waals surface area (Å²) in [4.78, 5) is 16.6. The molecule has 0 fully saturated rings. The molecule has 0 radical (unpaired) electrons. The van der Waals surface area contributed by atoms with Gasteiger partial charge in [-0.05, 0) is 30.5 Å².